The number of aliphatic carboxylic acids is 1. The van der Waals surface area contributed by atoms with Crippen LogP contribution in [0.15, 0.2) is 24.3 Å². The zero-order valence-electron chi connectivity index (χ0n) is 12.6. The van der Waals surface area contributed by atoms with Gasteiger partial charge in [0.15, 0.2) is 0 Å². The number of carboxylic acids is 1. The van der Waals surface area contributed by atoms with Gasteiger partial charge < -0.3 is 20.1 Å². The van der Waals surface area contributed by atoms with Gasteiger partial charge in [-0.1, -0.05) is 0 Å². The van der Waals surface area contributed by atoms with E-state index in [1.807, 2.05) is 0 Å². The third kappa shape index (κ3) is 4.90. The Labute approximate surface area is 134 Å². The van der Waals surface area contributed by atoms with E-state index < -0.39 is 24.0 Å². The van der Waals surface area contributed by atoms with E-state index >= 15 is 0 Å². The van der Waals surface area contributed by atoms with Gasteiger partial charge in [-0.25, -0.2) is 0 Å². The van der Waals surface area contributed by atoms with Crippen molar-refractivity contribution < 1.29 is 32.6 Å². The van der Waals surface area contributed by atoms with E-state index in [2.05, 4.69) is 15.0 Å². The second kappa shape index (κ2) is 6.81. The number of carbonyl (C=O) groups excluding carboxylic acids is 1. The molecule has 0 aliphatic heterocycles. The molecule has 2 rings (SSSR count). The molecule has 1 atom stereocenters. The van der Waals surface area contributed by atoms with E-state index in [1.54, 1.807) is 6.92 Å². The van der Waals surface area contributed by atoms with Crippen LogP contribution >= 0.6 is 0 Å². The van der Waals surface area contributed by atoms with Crippen LogP contribution in [0.4, 0.5) is 13.2 Å². The number of nitrogens with one attached hydrogen (secondary N) is 2. The van der Waals surface area contributed by atoms with Crippen molar-refractivity contribution >= 4 is 22.8 Å². The van der Waals surface area contributed by atoms with Crippen molar-refractivity contribution in [3.05, 3.63) is 30.0 Å². The molecule has 0 aliphatic rings. The summed E-state index contributed by atoms with van der Waals surface area (Å²) in [6, 6.07) is 4.83. The third-order valence-corrected chi connectivity index (χ3v) is 3.24. The summed E-state index contributed by atoms with van der Waals surface area (Å²) in [6.45, 7) is 1.67. The van der Waals surface area contributed by atoms with Crippen LogP contribution in [0.1, 0.15) is 30.3 Å². The predicted octanol–water partition coefficient (Wildman–Crippen LogP) is 3.05. The van der Waals surface area contributed by atoms with E-state index in [1.165, 1.54) is 12.1 Å². The van der Waals surface area contributed by atoms with E-state index in [-0.39, 0.29) is 24.6 Å². The Balaban J connectivity index is 2.09. The van der Waals surface area contributed by atoms with Gasteiger partial charge >= 0.3 is 12.3 Å². The first-order valence-corrected chi connectivity index (χ1v) is 7.05. The molecule has 1 aromatic heterocycles. The maximum Gasteiger partial charge on any atom is 0.573 e. The molecule has 0 spiro atoms. The van der Waals surface area contributed by atoms with Crippen LogP contribution in [0, 0.1) is 0 Å². The molecule has 1 heterocycles. The molecule has 0 aliphatic carbocycles. The monoisotopic (exact) mass is 344 g/mol. The van der Waals surface area contributed by atoms with Gasteiger partial charge in [-0.3, -0.25) is 9.59 Å². The van der Waals surface area contributed by atoms with Crippen molar-refractivity contribution in [3.8, 4) is 5.75 Å². The van der Waals surface area contributed by atoms with Gasteiger partial charge in [0.1, 0.15) is 11.4 Å². The lowest BCUT2D eigenvalue weighted by Crippen LogP contribution is -2.33. The molecule has 0 radical (unpaired) electrons. The number of amides is 1. The smallest absolute Gasteiger partial charge is 0.481 e. The molecule has 24 heavy (non-hydrogen) atoms. The highest BCUT2D eigenvalue weighted by Crippen LogP contribution is 2.26. The molecular weight excluding hydrogens is 329 g/mol. The average molecular weight is 344 g/mol. The van der Waals surface area contributed by atoms with Gasteiger partial charge in [0.25, 0.3) is 5.91 Å². The summed E-state index contributed by atoms with van der Waals surface area (Å²) in [7, 11) is 0. The van der Waals surface area contributed by atoms with Gasteiger partial charge in [-0.15, -0.1) is 13.2 Å². The van der Waals surface area contributed by atoms with Crippen molar-refractivity contribution in [1.82, 2.24) is 10.3 Å². The minimum atomic E-state index is -4.79. The van der Waals surface area contributed by atoms with Crippen molar-refractivity contribution in [2.24, 2.45) is 0 Å². The van der Waals surface area contributed by atoms with E-state index in [0.29, 0.717) is 10.9 Å². The fourth-order valence-corrected chi connectivity index (χ4v) is 2.14. The summed E-state index contributed by atoms with van der Waals surface area (Å²) in [5, 5.41) is 11.8. The zero-order valence-corrected chi connectivity index (χ0v) is 12.6. The molecule has 2 aromatic rings. The second-order valence-electron chi connectivity index (χ2n) is 5.29. The van der Waals surface area contributed by atoms with Crippen LogP contribution in [0.5, 0.6) is 5.75 Å². The van der Waals surface area contributed by atoms with Crippen LogP contribution in [0.25, 0.3) is 10.9 Å². The first-order valence-electron chi connectivity index (χ1n) is 7.05. The van der Waals surface area contributed by atoms with Crippen molar-refractivity contribution in [2.45, 2.75) is 32.2 Å². The maximum atomic E-state index is 12.2. The Bertz CT molecular complexity index is 755. The normalized spacial score (nSPS) is 12.8. The van der Waals surface area contributed by atoms with Crippen molar-refractivity contribution in [1.29, 1.82) is 0 Å². The Morgan fingerprint density at radius 2 is 2.04 bits per heavy atom. The molecule has 6 nitrogen and oxygen atoms in total. The summed E-state index contributed by atoms with van der Waals surface area (Å²) in [5.74, 6) is -1.82. The maximum absolute atomic E-state index is 12.2. The Kier molecular flexibility index (Phi) is 5.01. The minimum absolute atomic E-state index is 0.0771. The number of hydrogen-bond donors (Lipinski definition) is 3. The number of carbonyl (C=O) groups is 2. The molecule has 3 N–H and O–H groups in total. The van der Waals surface area contributed by atoms with E-state index in [4.69, 9.17) is 5.11 Å². The number of aromatic nitrogens is 1. The van der Waals surface area contributed by atoms with Gasteiger partial charge in [-0.05, 0) is 31.5 Å². The summed E-state index contributed by atoms with van der Waals surface area (Å²) in [5.41, 5.74) is 0.483. The number of H-pyrrole nitrogens is 1. The second-order valence-corrected chi connectivity index (χ2v) is 5.29. The number of hydrogen-bond acceptors (Lipinski definition) is 3. The Morgan fingerprint density at radius 3 is 2.67 bits per heavy atom. The Morgan fingerprint density at radius 1 is 1.33 bits per heavy atom. The highest BCUT2D eigenvalue weighted by Gasteiger charge is 2.31. The first-order chi connectivity index (χ1) is 11.1. The number of carboxylic acid groups (broad SMARTS) is 1. The molecule has 1 unspecified atom stereocenters. The van der Waals surface area contributed by atoms with Gasteiger partial charge in [0.2, 0.25) is 0 Å². The highest BCUT2D eigenvalue weighted by molar-refractivity contribution is 5.98. The minimum Gasteiger partial charge on any atom is -0.481 e. The lowest BCUT2D eigenvalue weighted by molar-refractivity contribution is -0.274. The van der Waals surface area contributed by atoms with Gasteiger partial charge in [0.05, 0.1) is 0 Å². The number of ether oxygens (including phenoxy) is 1. The molecule has 130 valence electrons. The topological polar surface area (TPSA) is 91.4 Å². The summed E-state index contributed by atoms with van der Waals surface area (Å²) >= 11 is 0. The molecule has 1 aromatic carbocycles. The quantitative estimate of drug-likeness (QED) is 0.751. The molecule has 0 saturated heterocycles. The number of benzene rings is 1. The SMILES string of the molecule is CC(CCC(=O)O)NC(=O)c1cc2ccc(OC(F)(F)F)cc2[nH]1. The predicted molar refractivity (Wildman–Crippen MR) is 78.8 cm³/mol. The van der Waals surface area contributed by atoms with Crippen molar-refractivity contribution in [3.63, 3.8) is 0 Å². The lowest BCUT2D eigenvalue weighted by atomic mass is 10.2. The van der Waals surface area contributed by atoms with Crippen LogP contribution in [0.3, 0.4) is 0 Å². The summed E-state index contributed by atoms with van der Waals surface area (Å²) in [4.78, 5) is 25.3. The number of halogens is 3. The molecule has 0 saturated carbocycles. The standard InChI is InChI=1S/C15H15F3N2O4/c1-8(2-5-13(21)22)19-14(23)12-6-9-3-4-10(7-11(9)20-12)24-15(16,17)18/h3-4,6-8,20H,2,5H2,1H3,(H,19,23)(H,21,22). The van der Waals surface area contributed by atoms with Gasteiger partial charge in [0, 0.05) is 29.4 Å². The number of rotatable bonds is 6. The third-order valence-electron chi connectivity index (χ3n) is 3.24. The number of aromatic amines is 1. The fraction of sp³-hybridized carbons (Fsp3) is 0.333. The summed E-state index contributed by atoms with van der Waals surface area (Å²) in [6.07, 6.45) is -4.60. The van der Waals surface area contributed by atoms with E-state index in [0.717, 1.165) is 12.1 Å². The van der Waals surface area contributed by atoms with Crippen LogP contribution < -0.4 is 10.1 Å². The molecule has 0 bridgehead atoms. The molecular formula is C15H15F3N2O4. The van der Waals surface area contributed by atoms with Crippen molar-refractivity contribution in [2.75, 3.05) is 0 Å². The van der Waals surface area contributed by atoms with Gasteiger partial charge in [-0.2, -0.15) is 0 Å². The van der Waals surface area contributed by atoms with Crippen LogP contribution in [-0.4, -0.2) is 34.4 Å². The largest absolute Gasteiger partial charge is 0.573 e. The first kappa shape index (κ1) is 17.6. The lowest BCUT2D eigenvalue weighted by Gasteiger charge is -2.11. The molecule has 1 amide bonds. The summed E-state index contributed by atoms with van der Waals surface area (Å²) < 4.78 is 40.5. The average Bonchev–Trinajstić information content (AvgIpc) is 2.86. The number of alkyl halides is 3. The highest BCUT2D eigenvalue weighted by atomic mass is 19.4. The molecule has 0 fully saturated rings. The number of fused-ring (bicyclic) bond motifs is 1. The van der Waals surface area contributed by atoms with Crippen LogP contribution in [-0.2, 0) is 4.79 Å². The van der Waals surface area contributed by atoms with E-state index in [9.17, 15) is 22.8 Å². The Hall–Kier alpha value is -2.71. The fourth-order valence-electron chi connectivity index (χ4n) is 2.14. The van der Waals surface area contributed by atoms with Crippen LogP contribution in [0.2, 0.25) is 0 Å². The zero-order chi connectivity index (χ0) is 17.9. The molecule has 9 heteroatoms.